The second-order valence-electron chi connectivity index (χ2n) is 7.21. The number of piperidine rings is 1. The van der Waals surface area contributed by atoms with Gasteiger partial charge in [0, 0.05) is 25.2 Å². The predicted molar refractivity (Wildman–Crippen MR) is 104 cm³/mol. The van der Waals surface area contributed by atoms with Gasteiger partial charge >= 0.3 is 0 Å². The van der Waals surface area contributed by atoms with Crippen molar-refractivity contribution in [3.8, 4) is 5.75 Å². The van der Waals surface area contributed by atoms with Crippen LogP contribution >= 0.6 is 0 Å². The van der Waals surface area contributed by atoms with Gasteiger partial charge in [0.05, 0.1) is 7.11 Å². The molecule has 1 heterocycles. The van der Waals surface area contributed by atoms with Crippen molar-refractivity contribution >= 4 is 5.91 Å². The topological polar surface area (TPSA) is 41.6 Å². The smallest absolute Gasteiger partial charge is 0.251 e. The van der Waals surface area contributed by atoms with Gasteiger partial charge in [0.25, 0.3) is 5.91 Å². The number of hydrogen-bond donors (Lipinski definition) is 1. The molecule has 2 aromatic carbocycles. The van der Waals surface area contributed by atoms with Crippen LogP contribution in [0.25, 0.3) is 0 Å². The van der Waals surface area contributed by atoms with Crippen molar-refractivity contribution in [1.82, 2.24) is 10.2 Å². The van der Waals surface area contributed by atoms with Crippen LogP contribution in [0.4, 0.5) is 0 Å². The summed E-state index contributed by atoms with van der Waals surface area (Å²) in [6.07, 6.45) is 2.65. The van der Waals surface area contributed by atoms with E-state index in [4.69, 9.17) is 4.74 Å². The highest BCUT2D eigenvalue weighted by molar-refractivity contribution is 5.94. The number of nitrogens with zero attached hydrogens (tertiary/aromatic N) is 1. The van der Waals surface area contributed by atoms with E-state index in [0.29, 0.717) is 12.1 Å². The minimum absolute atomic E-state index is 0.0703. The molecule has 3 rings (SSSR count). The van der Waals surface area contributed by atoms with E-state index < -0.39 is 0 Å². The lowest BCUT2D eigenvalue weighted by Crippen LogP contribution is -2.33. The molecule has 26 heavy (non-hydrogen) atoms. The van der Waals surface area contributed by atoms with Crippen molar-refractivity contribution < 1.29 is 9.53 Å². The van der Waals surface area contributed by atoms with E-state index in [1.54, 1.807) is 31.4 Å². The van der Waals surface area contributed by atoms with E-state index >= 15 is 0 Å². The Morgan fingerprint density at radius 1 is 1.12 bits per heavy atom. The van der Waals surface area contributed by atoms with Crippen molar-refractivity contribution in [1.29, 1.82) is 0 Å². The molecule has 4 heteroatoms. The maximum absolute atomic E-state index is 12.2. The Morgan fingerprint density at radius 2 is 1.81 bits per heavy atom. The Bertz CT molecular complexity index is 710. The number of carbonyl (C=O) groups is 1. The summed E-state index contributed by atoms with van der Waals surface area (Å²) in [4.78, 5) is 14.8. The Morgan fingerprint density at radius 3 is 2.46 bits per heavy atom. The minimum Gasteiger partial charge on any atom is -0.497 e. The average Bonchev–Trinajstić information content (AvgIpc) is 2.67. The molecule has 4 nitrogen and oxygen atoms in total. The molecule has 0 aliphatic carbocycles. The first kappa shape index (κ1) is 18.5. The van der Waals surface area contributed by atoms with Gasteiger partial charge in [-0.3, -0.25) is 9.69 Å². The molecular weight excluding hydrogens is 324 g/mol. The van der Waals surface area contributed by atoms with Crippen LogP contribution in [0.2, 0.25) is 0 Å². The van der Waals surface area contributed by atoms with Gasteiger partial charge in [0.2, 0.25) is 0 Å². The van der Waals surface area contributed by atoms with Crippen molar-refractivity contribution in [3.63, 3.8) is 0 Å². The summed E-state index contributed by atoms with van der Waals surface area (Å²) >= 11 is 0. The first-order chi connectivity index (χ1) is 12.6. The van der Waals surface area contributed by atoms with Gasteiger partial charge in [0.1, 0.15) is 5.75 Å². The Kier molecular flexibility index (Phi) is 6.29. The second-order valence-corrected chi connectivity index (χ2v) is 7.21. The summed E-state index contributed by atoms with van der Waals surface area (Å²) < 4.78 is 5.11. The molecule has 1 unspecified atom stereocenters. The van der Waals surface area contributed by atoms with Gasteiger partial charge < -0.3 is 10.1 Å². The summed E-state index contributed by atoms with van der Waals surface area (Å²) in [5.41, 5.74) is 3.09. The molecule has 1 N–H and O–H groups in total. The summed E-state index contributed by atoms with van der Waals surface area (Å²) in [5.74, 6) is 1.48. The van der Waals surface area contributed by atoms with Crippen molar-refractivity contribution in [3.05, 3.63) is 65.2 Å². The molecule has 2 aromatic rings. The molecule has 0 saturated carbocycles. The van der Waals surface area contributed by atoms with Gasteiger partial charge in [-0.05, 0) is 60.7 Å². The van der Waals surface area contributed by atoms with Gasteiger partial charge in [-0.2, -0.15) is 0 Å². The van der Waals surface area contributed by atoms with Gasteiger partial charge in [0.15, 0.2) is 0 Å². The van der Waals surface area contributed by atoms with E-state index in [0.717, 1.165) is 23.8 Å². The molecule has 138 valence electrons. The van der Waals surface area contributed by atoms with Crippen LogP contribution < -0.4 is 10.1 Å². The molecule has 1 fully saturated rings. The average molecular weight is 352 g/mol. The summed E-state index contributed by atoms with van der Waals surface area (Å²) in [7, 11) is 1.62. The molecule has 1 aliphatic heterocycles. The Balaban J connectivity index is 1.49. The largest absolute Gasteiger partial charge is 0.497 e. The highest BCUT2D eigenvalue weighted by Gasteiger charge is 2.16. The van der Waals surface area contributed by atoms with Crippen LogP contribution in [0.3, 0.4) is 0 Å². The van der Waals surface area contributed by atoms with Crippen LogP contribution in [-0.4, -0.2) is 31.0 Å². The maximum atomic E-state index is 12.2. The van der Waals surface area contributed by atoms with Crippen LogP contribution in [-0.2, 0) is 13.1 Å². The molecule has 0 aromatic heterocycles. The highest BCUT2D eigenvalue weighted by atomic mass is 16.5. The predicted octanol–water partition coefficient (Wildman–Crippen LogP) is 3.86. The highest BCUT2D eigenvalue weighted by Crippen LogP contribution is 2.18. The van der Waals surface area contributed by atoms with Crippen LogP contribution in [0, 0.1) is 5.92 Å². The summed E-state index contributed by atoms with van der Waals surface area (Å²) in [6, 6.07) is 15.7. The second kappa shape index (κ2) is 8.86. The number of benzene rings is 2. The van der Waals surface area contributed by atoms with Gasteiger partial charge in [-0.15, -0.1) is 0 Å². The van der Waals surface area contributed by atoms with E-state index in [9.17, 15) is 4.79 Å². The van der Waals surface area contributed by atoms with Crippen molar-refractivity contribution in [2.75, 3.05) is 20.2 Å². The number of nitrogens with one attached hydrogen (secondary N) is 1. The Labute approximate surface area is 156 Å². The lowest BCUT2D eigenvalue weighted by atomic mass is 9.99. The number of amides is 1. The number of rotatable bonds is 6. The lowest BCUT2D eigenvalue weighted by molar-refractivity contribution is 0.0951. The number of methoxy groups -OCH3 is 1. The van der Waals surface area contributed by atoms with E-state index in [1.165, 1.54) is 31.5 Å². The molecule has 1 atom stereocenters. The minimum atomic E-state index is -0.0703. The number of hydrogen-bond acceptors (Lipinski definition) is 3. The fraction of sp³-hybridized carbons (Fsp3) is 0.409. The SMILES string of the molecule is COc1ccc(C(=O)NCc2ccc(CN3CCCC(C)C3)cc2)cc1. The van der Waals surface area contributed by atoms with Crippen molar-refractivity contribution in [2.24, 2.45) is 5.92 Å². The van der Waals surface area contributed by atoms with Gasteiger partial charge in [-0.25, -0.2) is 0 Å². The first-order valence-corrected chi connectivity index (χ1v) is 9.36. The number of carbonyl (C=O) groups excluding carboxylic acids is 1. The third-order valence-electron chi connectivity index (χ3n) is 4.98. The van der Waals surface area contributed by atoms with Crippen LogP contribution in [0.1, 0.15) is 41.3 Å². The molecule has 1 saturated heterocycles. The lowest BCUT2D eigenvalue weighted by Gasteiger charge is -2.30. The standard InChI is InChI=1S/C22H28N2O2/c1-17-4-3-13-24(15-17)16-19-7-5-18(6-8-19)14-23-22(25)20-9-11-21(26-2)12-10-20/h5-12,17H,3-4,13-16H2,1-2H3,(H,23,25). The normalized spacial score (nSPS) is 17.7. The molecule has 0 radical (unpaired) electrons. The number of likely N-dealkylation sites (tertiary alicyclic amines) is 1. The monoisotopic (exact) mass is 352 g/mol. The quantitative estimate of drug-likeness (QED) is 0.858. The number of ether oxygens (including phenoxy) is 1. The maximum Gasteiger partial charge on any atom is 0.251 e. The first-order valence-electron chi connectivity index (χ1n) is 9.36. The summed E-state index contributed by atoms with van der Waals surface area (Å²) in [5, 5.41) is 2.97. The third kappa shape index (κ3) is 5.09. The fourth-order valence-corrected chi connectivity index (χ4v) is 3.48. The van der Waals surface area contributed by atoms with E-state index in [1.807, 2.05) is 0 Å². The molecule has 0 spiro atoms. The van der Waals surface area contributed by atoms with Crippen LogP contribution in [0.5, 0.6) is 5.75 Å². The van der Waals surface area contributed by atoms with E-state index in [-0.39, 0.29) is 5.91 Å². The zero-order chi connectivity index (χ0) is 18.4. The summed E-state index contributed by atoms with van der Waals surface area (Å²) in [6.45, 7) is 6.28. The molecular formula is C22H28N2O2. The van der Waals surface area contributed by atoms with Gasteiger partial charge in [-0.1, -0.05) is 31.2 Å². The molecule has 1 aliphatic rings. The zero-order valence-corrected chi connectivity index (χ0v) is 15.7. The van der Waals surface area contributed by atoms with Crippen LogP contribution in [0.15, 0.2) is 48.5 Å². The molecule has 0 bridgehead atoms. The Hall–Kier alpha value is -2.33. The third-order valence-corrected chi connectivity index (χ3v) is 4.98. The molecule has 1 amide bonds. The zero-order valence-electron chi connectivity index (χ0n) is 15.7. The van der Waals surface area contributed by atoms with E-state index in [2.05, 4.69) is 41.4 Å². The fourth-order valence-electron chi connectivity index (χ4n) is 3.48. The van der Waals surface area contributed by atoms with Crippen molar-refractivity contribution in [2.45, 2.75) is 32.9 Å².